The summed E-state index contributed by atoms with van der Waals surface area (Å²) in [5.74, 6) is -0.0448. The molecule has 0 saturated carbocycles. The molecular formula is C12H18N4O3. The maximum absolute atomic E-state index is 12.2. The fraction of sp³-hybridized carbons (Fsp3) is 0.583. The summed E-state index contributed by atoms with van der Waals surface area (Å²) in [6, 6.07) is 0. The van der Waals surface area contributed by atoms with E-state index in [0.29, 0.717) is 38.3 Å². The van der Waals surface area contributed by atoms with Gasteiger partial charge in [0.05, 0.1) is 18.4 Å². The van der Waals surface area contributed by atoms with Crippen LogP contribution in [0.15, 0.2) is 12.4 Å². The highest BCUT2D eigenvalue weighted by Crippen LogP contribution is 2.09. The minimum Gasteiger partial charge on any atom is -0.450 e. The van der Waals surface area contributed by atoms with Gasteiger partial charge in [-0.05, 0) is 6.92 Å². The van der Waals surface area contributed by atoms with Crippen molar-refractivity contribution >= 4 is 12.0 Å². The van der Waals surface area contributed by atoms with E-state index in [0.717, 1.165) is 0 Å². The summed E-state index contributed by atoms with van der Waals surface area (Å²) in [7, 11) is 1.77. The van der Waals surface area contributed by atoms with E-state index in [2.05, 4.69) is 5.10 Å². The van der Waals surface area contributed by atoms with Crippen LogP contribution in [0.4, 0.5) is 4.79 Å². The lowest BCUT2D eigenvalue weighted by molar-refractivity contribution is 0.0570. The van der Waals surface area contributed by atoms with Crippen LogP contribution in [-0.2, 0) is 11.8 Å². The first kappa shape index (κ1) is 13.4. The highest BCUT2D eigenvalue weighted by molar-refractivity contribution is 5.93. The van der Waals surface area contributed by atoms with Crippen LogP contribution in [0, 0.1) is 0 Å². The van der Waals surface area contributed by atoms with Gasteiger partial charge < -0.3 is 14.5 Å². The summed E-state index contributed by atoms with van der Waals surface area (Å²) in [6.45, 7) is 4.20. The van der Waals surface area contributed by atoms with Gasteiger partial charge in [-0.2, -0.15) is 5.10 Å². The maximum atomic E-state index is 12.2. The quantitative estimate of drug-likeness (QED) is 0.774. The molecular weight excluding hydrogens is 248 g/mol. The van der Waals surface area contributed by atoms with Gasteiger partial charge in [0.15, 0.2) is 0 Å². The largest absolute Gasteiger partial charge is 0.450 e. The van der Waals surface area contributed by atoms with E-state index in [1.54, 1.807) is 40.8 Å². The summed E-state index contributed by atoms with van der Waals surface area (Å²) in [6.07, 6.45) is 2.94. The first-order valence-electron chi connectivity index (χ1n) is 6.31. The predicted octanol–water partition coefficient (Wildman–Crippen LogP) is 0.334. The lowest BCUT2D eigenvalue weighted by atomic mass is 10.2. The summed E-state index contributed by atoms with van der Waals surface area (Å²) in [4.78, 5) is 27.0. The molecule has 1 aromatic heterocycles. The summed E-state index contributed by atoms with van der Waals surface area (Å²) < 4.78 is 6.53. The van der Waals surface area contributed by atoms with Crippen LogP contribution < -0.4 is 0 Å². The Morgan fingerprint density at radius 3 is 2.42 bits per heavy atom. The Kier molecular flexibility index (Phi) is 4.03. The van der Waals surface area contributed by atoms with E-state index in [9.17, 15) is 9.59 Å². The SMILES string of the molecule is CCOC(=O)N1CCN(C(=O)c2cnn(C)c2)CC1. The molecule has 104 valence electrons. The molecule has 7 heteroatoms. The van der Waals surface area contributed by atoms with E-state index in [1.165, 1.54) is 0 Å². The zero-order valence-corrected chi connectivity index (χ0v) is 11.2. The molecule has 1 aromatic rings. The molecule has 1 fully saturated rings. The van der Waals surface area contributed by atoms with Gasteiger partial charge in [-0.25, -0.2) is 4.79 Å². The van der Waals surface area contributed by atoms with Crippen molar-refractivity contribution in [1.82, 2.24) is 19.6 Å². The Balaban J connectivity index is 1.89. The van der Waals surface area contributed by atoms with E-state index in [4.69, 9.17) is 4.74 Å². The van der Waals surface area contributed by atoms with Crippen molar-refractivity contribution in [1.29, 1.82) is 0 Å². The Hall–Kier alpha value is -2.05. The Morgan fingerprint density at radius 1 is 1.26 bits per heavy atom. The molecule has 0 atom stereocenters. The number of aromatic nitrogens is 2. The molecule has 2 rings (SSSR count). The average Bonchev–Trinajstić information content (AvgIpc) is 2.85. The van der Waals surface area contributed by atoms with Crippen LogP contribution in [0.1, 0.15) is 17.3 Å². The fourth-order valence-electron chi connectivity index (χ4n) is 2.02. The Labute approximate surface area is 111 Å². The van der Waals surface area contributed by atoms with Gasteiger partial charge in [0.1, 0.15) is 0 Å². The van der Waals surface area contributed by atoms with Crippen molar-refractivity contribution in [3.05, 3.63) is 18.0 Å². The number of carbonyl (C=O) groups is 2. The lowest BCUT2D eigenvalue weighted by Gasteiger charge is -2.33. The molecule has 0 N–H and O–H groups in total. The van der Waals surface area contributed by atoms with Crippen molar-refractivity contribution in [3.8, 4) is 0 Å². The monoisotopic (exact) mass is 266 g/mol. The number of piperazine rings is 1. The molecule has 0 aliphatic carbocycles. The number of nitrogens with zero attached hydrogens (tertiary/aromatic N) is 4. The van der Waals surface area contributed by atoms with E-state index >= 15 is 0 Å². The van der Waals surface area contributed by atoms with Crippen molar-refractivity contribution in [2.75, 3.05) is 32.8 Å². The van der Waals surface area contributed by atoms with Gasteiger partial charge in [0.2, 0.25) is 0 Å². The fourth-order valence-corrected chi connectivity index (χ4v) is 2.02. The van der Waals surface area contributed by atoms with Crippen molar-refractivity contribution < 1.29 is 14.3 Å². The minimum absolute atomic E-state index is 0.0448. The van der Waals surface area contributed by atoms with Crippen LogP contribution >= 0.6 is 0 Å². The first-order chi connectivity index (χ1) is 9.11. The third-order valence-electron chi connectivity index (χ3n) is 3.04. The molecule has 7 nitrogen and oxygen atoms in total. The molecule has 0 aromatic carbocycles. The van der Waals surface area contributed by atoms with E-state index in [1.807, 2.05) is 0 Å². The molecule has 0 unspecified atom stereocenters. The van der Waals surface area contributed by atoms with Crippen LogP contribution in [0.25, 0.3) is 0 Å². The number of ether oxygens (including phenoxy) is 1. The number of amides is 2. The molecule has 19 heavy (non-hydrogen) atoms. The summed E-state index contributed by atoms with van der Waals surface area (Å²) in [5, 5.41) is 3.98. The van der Waals surface area contributed by atoms with Crippen LogP contribution in [0.2, 0.25) is 0 Å². The second-order valence-electron chi connectivity index (χ2n) is 4.38. The lowest BCUT2D eigenvalue weighted by Crippen LogP contribution is -2.50. The zero-order valence-electron chi connectivity index (χ0n) is 11.2. The number of aryl methyl sites for hydroxylation is 1. The molecule has 1 saturated heterocycles. The van der Waals surface area contributed by atoms with Crippen molar-refractivity contribution in [2.45, 2.75) is 6.92 Å². The average molecular weight is 266 g/mol. The molecule has 0 radical (unpaired) electrons. The van der Waals surface area contributed by atoms with E-state index < -0.39 is 0 Å². The molecule has 0 spiro atoms. The smallest absolute Gasteiger partial charge is 0.409 e. The number of rotatable bonds is 2. The van der Waals surface area contributed by atoms with Crippen LogP contribution in [-0.4, -0.2) is 64.4 Å². The standard InChI is InChI=1S/C12H18N4O3/c1-3-19-12(18)16-6-4-15(5-7-16)11(17)10-8-13-14(2)9-10/h8-9H,3-7H2,1-2H3. The molecule has 1 aliphatic heterocycles. The number of hydrogen-bond donors (Lipinski definition) is 0. The van der Waals surface area contributed by atoms with Gasteiger partial charge in [-0.15, -0.1) is 0 Å². The van der Waals surface area contributed by atoms with Gasteiger partial charge in [-0.3, -0.25) is 9.48 Å². The predicted molar refractivity (Wildman–Crippen MR) is 67.7 cm³/mol. The summed E-state index contributed by atoms with van der Waals surface area (Å²) >= 11 is 0. The van der Waals surface area contributed by atoms with Crippen LogP contribution in [0.3, 0.4) is 0 Å². The summed E-state index contributed by atoms with van der Waals surface area (Å²) in [5.41, 5.74) is 0.576. The maximum Gasteiger partial charge on any atom is 0.409 e. The second kappa shape index (κ2) is 5.73. The topological polar surface area (TPSA) is 67.7 Å². The molecule has 1 aliphatic rings. The van der Waals surface area contributed by atoms with Gasteiger partial charge in [-0.1, -0.05) is 0 Å². The third kappa shape index (κ3) is 3.04. The third-order valence-corrected chi connectivity index (χ3v) is 3.04. The van der Waals surface area contributed by atoms with Crippen molar-refractivity contribution in [2.24, 2.45) is 7.05 Å². The second-order valence-corrected chi connectivity index (χ2v) is 4.38. The molecule has 0 bridgehead atoms. The zero-order chi connectivity index (χ0) is 13.8. The van der Waals surface area contributed by atoms with E-state index in [-0.39, 0.29) is 12.0 Å². The molecule has 2 amide bonds. The van der Waals surface area contributed by atoms with Crippen molar-refractivity contribution in [3.63, 3.8) is 0 Å². The minimum atomic E-state index is -0.309. The number of hydrogen-bond acceptors (Lipinski definition) is 4. The van der Waals surface area contributed by atoms with Gasteiger partial charge in [0.25, 0.3) is 5.91 Å². The van der Waals surface area contributed by atoms with Gasteiger partial charge in [0, 0.05) is 39.4 Å². The normalized spacial score (nSPS) is 15.5. The highest BCUT2D eigenvalue weighted by Gasteiger charge is 2.25. The highest BCUT2D eigenvalue weighted by atomic mass is 16.6. The van der Waals surface area contributed by atoms with Crippen LogP contribution in [0.5, 0.6) is 0 Å². The Bertz CT molecular complexity index is 463. The molecule has 2 heterocycles. The first-order valence-corrected chi connectivity index (χ1v) is 6.31. The number of carbonyl (C=O) groups excluding carboxylic acids is 2. The van der Waals surface area contributed by atoms with Gasteiger partial charge >= 0.3 is 6.09 Å². The Morgan fingerprint density at radius 2 is 1.89 bits per heavy atom.